The lowest BCUT2D eigenvalue weighted by atomic mass is 10.1. The molecule has 160 valence electrons. The number of aromatic carboxylic acids is 1. The third-order valence-electron chi connectivity index (χ3n) is 3.52. The van der Waals surface area contributed by atoms with Gasteiger partial charge >= 0.3 is 5.97 Å². The van der Waals surface area contributed by atoms with Crippen LogP contribution in [0.2, 0.25) is 0 Å². The Labute approximate surface area is 169 Å². The van der Waals surface area contributed by atoms with E-state index in [-0.39, 0.29) is 34.1 Å². The van der Waals surface area contributed by atoms with Crippen LogP contribution in [0, 0.1) is 5.41 Å². The number of hydrogen-bond donors (Lipinski definition) is 7. The van der Waals surface area contributed by atoms with Crippen LogP contribution in [0.15, 0.2) is 35.4 Å². The van der Waals surface area contributed by atoms with Gasteiger partial charge in [0.2, 0.25) is 0 Å². The number of anilines is 1. The van der Waals surface area contributed by atoms with Gasteiger partial charge in [-0.15, -0.1) is 0 Å². The predicted molar refractivity (Wildman–Crippen MR) is 110 cm³/mol. The van der Waals surface area contributed by atoms with Gasteiger partial charge in [0.05, 0.1) is 49.0 Å². The molecule has 0 spiro atoms. The molecular weight excluding hydrogens is 398 g/mol. The molecule has 9 N–H and O–H groups in total. The van der Waals surface area contributed by atoms with E-state index in [1.54, 1.807) is 0 Å². The standard InChI is InChI=1S/C9H8N2O3.C8H9NO4.CH4N2/c1-14-8-3-6-5(2-7(8)12)9(13)11-4-10-6;1-13-7-3-5(9)4(8(11)12)2-6(7)10;2-1-3/h2-4,12H,1H3,(H,10,11,13);2-3,10H,9H2,1H3,(H,11,12);1H,(H3,2,3). The number of methoxy groups -OCH3 is 2. The Kier molecular flexibility index (Phi) is 8.44. The number of rotatable bonds is 3. The Balaban J connectivity index is 0.000000266. The van der Waals surface area contributed by atoms with E-state index in [0.29, 0.717) is 16.7 Å². The number of aromatic amines is 1. The molecule has 12 nitrogen and oxygen atoms in total. The summed E-state index contributed by atoms with van der Waals surface area (Å²) in [4.78, 5) is 28.2. The Morgan fingerprint density at radius 3 is 2.20 bits per heavy atom. The summed E-state index contributed by atoms with van der Waals surface area (Å²) in [7, 11) is 2.79. The molecule has 3 rings (SSSR count). The number of nitrogen functional groups attached to an aromatic ring is 1. The van der Waals surface area contributed by atoms with Gasteiger partial charge in [0.1, 0.15) is 0 Å². The summed E-state index contributed by atoms with van der Waals surface area (Å²) in [5.74, 6) is -1.04. The van der Waals surface area contributed by atoms with E-state index in [1.807, 2.05) is 0 Å². The number of nitrogens with one attached hydrogen (secondary N) is 2. The van der Waals surface area contributed by atoms with Crippen LogP contribution in [0.4, 0.5) is 5.69 Å². The van der Waals surface area contributed by atoms with Crippen molar-refractivity contribution in [3.8, 4) is 23.0 Å². The Morgan fingerprint density at radius 2 is 1.67 bits per heavy atom. The number of nitrogens with two attached hydrogens (primary N) is 2. The second-order valence-electron chi connectivity index (χ2n) is 5.36. The number of hydrogen-bond acceptors (Lipinski definition) is 9. The number of carbonyl (C=O) groups is 1. The van der Waals surface area contributed by atoms with Crippen LogP contribution in [0.5, 0.6) is 23.0 Å². The first kappa shape index (κ1) is 23.6. The number of phenols is 2. The average Bonchev–Trinajstić information content (AvgIpc) is 2.70. The summed E-state index contributed by atoms with van der Waals surface area (Å²) in [6, 6.07) is 5.16. The largest absolute Gasteiger partial charge is 0.504 e. The number of carboxylic acid groups (broad SMARTS) is 1. The molecule has 2 aromatic carbocycles. The molecule has 0 aliphatic rings. The highest BCUT2D eigenvalue weighted by Gasteiger charge is 2.12. The van der Waals surface area contributed by atoms with E-state index in [2.05, 4.69) is 15.7 Å². The lowest BCUT2D eigenvalue weighted by Crippen LogP contribution is -2.06. The van der Waals surface area contributed by atoms with Crippen LogP contribution < -0.4 is 26.5 Å². The second-order valence-corrected chi connectivity index (χ2v) is 5.36. The monoisotopic (exact) mass is 419 g/mol. The summed E-state index contributed by atoms with van der Waals surface area (Å²) in [6.07, 6.45) is 2.06. The van der Waals surface area contributed by atoms with Crippen molar-refractivity contribution in [1.82, 2.24) is 9.97 Å². The number of phenolic OH excluding ortho intramolecular Hbond substituents is 2. The number of carboxylic acids is 1. The molecule has 0 bridgehead atoms. The SMILES string of the molecule is COc1cc(N)c(C(=O)O)cc1O.COc1cc2nc[nH]c(=O)c2cc1O.N=CN. The van der Waals surface area contributed by atoms with Crippen LogP contribution >= 0.6 is 0 Å². The van der Waals surface area contributed by atoms with Crippen LogP contribution in [0.25, 0.3) is 10.9 Å². The van der Waals surface area contributed by atoms with E-state index in [9.17, 15) is 19.8 Å². The first-order valence-corrected chi connectivity index (χ1v) is 8.04. The van der Waals surface area contributed by atoms with Crippen LogP contribution in [0.1, 0.15) is 10.4 Å². The summed E-state index contributed by atoms with van der Waals surface area (Å²) in [6.45, 7) is 0. The third kappa shape index (κ3) is 5.76. The van der Waals surface area contributed by atoms with Gasteiger partial charge in [-0.1, -0.05) is 0 Å². The van der Waals surface area contributed by atoms with Gasteiger partial charge in [-0.05, 0) is 6.07 Å². The van der Waals surface area contributed by atoms with Crippen molar-refractivity contribution in [3.05, 3.63) is 46.5 Å². The zero-order valence-electron chi connectivity index (χ0n) is 16.0. The van der Waals surface area contributed by atoms with Crippen molar-refractivity contribution in [2.75, 3.05) is 20.0 Å². The fourth-order valence-electron chi connectivity index (χ4n) is 2.18. The summed E-state index contributed by atoms with van der Waals surface area (Å²) < 4.78 is 9.63. The average molecular weight is 419 g/mol. The van der Waals surface area contributed by atoms with Gasteiger partial charge in [-0.3, -0.25) is 10.2 Å². The topological polar surface area (TPSA) is 218 Å². The number of benzene rings is 2. The highest BCUT2D eigenvalue weighted by molar-refractivity contribution is 5.94. The minimum atomic E-state index is -1.18. The second kappa shape index (κ2) is 10.8. The minimum Gasteiger partial charge on any atom is -0.504 e. The van der Waals surface area contributed by atoms with E-state index in [1.165, 1.54) is 38.7 Å². The maximum absolute atomic E-state index is 11.3. The summed E-state index contributed by atoms with van der Waals surface area (Å²) >= 11 is 0. The van der Waals surface area contributed by atoms with Gasteiger partial charge in [0, 0.05) is 18.2 Å². The number of ether oxygens (including phenoxy) is 2. The number of aromatic hydroxyl groups is 2. The molecule has 0 fully saturated rings. The van der Waals surface area contributed by atoms with Gasteiger partial charge in [0.15, 0.2) is 23.0 Å². The number of nitrogens with zero attached hydrogens (tertiary/aromatic N) is 1. The lowest BCUT2D eigenvalue weighted by Gasteiger charge is -2.06. The van der Waals surface area contributed by atoms with Crippen molar-refractivity contribution in [1.29, 1.82) is 5.41 Å². The fourth-order valence-corrected chi connectivity index (χ4v) is 2.18. The Hall–Kier alpha value is -4.48. The van der Waals surface area contributed by atoms with Gasteiger partial charge in [-0.2, -0.15) is 0 Å². The molecule has 0 amide bonds. The smallest absolute Gasteiger partial charge is 0.337 e. The first-order valence-electron chi connectivity index (χ1n) is 8.04. The molecule has 30 heavy (non-hydrogen) atoms. The first-order chi connectivity index (χ1) is 14.2. The molecule has 0 aliphatic heterocycles. The molecule has 12 heteroatoms. The van der Waals surface area contributed by atoms with Crippen molar-refractivity contribution in [3.63, 3.8) is 0 Å². The summed E-state index contributed by atoms with van der Waals surface area (Å²) in [5.41, 5.74) is 9.91. The van der Waals surface area contributed by atoms with Crippen LogP contribution in [0.3, 0.4) is 0 Å². The molecule has 0 radical (unpaired) electrons. The molecule has 0 saturated heterocycles. The molecule has 3 aromatic rings. The minimum absolute atomic E-state index is 0.0575. The van der Waals surface area contributed by atoms with Crippen LogP contribution in [-0.4, -0.2) is 51.8 Å². The zero-order chi connectivity index (χ0) is 22.8. The highest BCUT2D eigenvalue weighted by Crippen LogP contribution is 2.30. The maximum Gasteiger partial charge on any atom is 0.337 e. The molecule has 0 atom stereocenters. The summed E-state index contributed by atoms with van der Waals surface area (Å²) in [5, 5.41) is 33.5. The number of H-pyrrole nitrogens is 1. The number of aromatic nitrogens is 2. The van der Waals surface area contributed by atoms with Crippen molar-refractivity contribution < 1.29 is 29.6 Å². The molecule has 0 saturated carbocycles. The molecular formula is C18H21N5O7. The molecule has 0 aliphatic carbocycles. The van der Waals surface area contributed by atoms with E-state index in [0.717, 1.165) is 12.4 Å². The van der Waals surface area contributed by atoms with Gasteiger partial charge in [-0.25, -0.2) is 9.78 Å². The number of fused-ring (bicyclic) bond motifs is 1. The zero-order valence-corrected chi connectivity index (χ0v) is 16.0. The Morgan fingerprint density at radius 1 is 1.13 bits per heavy atom. The lowest BCUT2D eigenvalue weighted by molar-refractivity contribution is 0.0697. The Bertz CT molecular complexity index is 1100. The van der Waals surface area contributed by atoms with E-state index < -0.39 is 5.97 Å². The van der Waals surface area contributed by atoms with Crippen molar-refractivity contribution >= 4 is 28.9 Å². The van der Waals surface area contributed by atoms with E-state index >= 15 is 0 Å². The van der Waals surface area contributed by atoms with E-state index in [4.69, 9.17) is 25.7 Å². The predicted octanol–water partition coefficient (Wildman–Crippen LogP) is 0.871. The van der Waals surface area contributed by atoms with Gasteiger partial charge in [0.25, 0.3) is 5.56 Å². The molecule has 1 heterocycles. The highest BCUT2D eigenvalue weighted by atomic mass is 16.5. The quantitative estimate of drug-likeness (QED) is 0.137. The van der Waals surface area contributed by atoms with Crippen molar-refractivity contribution in [2.45, 2.75) is 0 Å². The normalized spacial score (nSPS) is 9.40. The van der Waals surface area contributed by atoms with Crippen molar-refractivity contribution in [2.24, 2.45) is 5.73 Å². The fraction of sp³-hybridized carbons (Fsp3) is 0.111. The maximum atomic E-state index is 11.3. The van der Waals surface area contributed by atoms with Crippen LogP contribution in [-0.2, 0) is 0 Å². The third-order valence-corrected chi connectivity index (χ3v) is 3.52. The van der Waals surface area contributed by atoms with Gasteiger partial charge < -0.3 is 41.2 Å². The molecule has 1 aromatic heterocycles. The molecule has 0 unspecified atom stereocenters.